The quantitative estimate of drug-likeness (QED) is 0.555. The van der Waals surface area contributed by atoms with Gasteiger partial charge in [-0.25, -0.2) is 0 Å². The predicted molar refractivity (Wildman–Crippen MR) is 68.4 cm³/mol. The van der Waals surface area contributed by atoms with Crippen LogP contribution in [0.4, 0.5) is 0 Å². The van der Waals surface area contributed by atoms with Crippen molar-refractivity contribution < 1.29 is 4.74 Å². The van der Waals surface area contributed by atoms with Crippen LogP contribution in [0.25, 0.3) is 0 Å². The zero-order valence-electron chi connectivity index (χ0n) is 10.9. The summed E-state index contributed by atoms with van der Waals surface area (Å²) in [4.78, 5) is 0. The molecule has 1 nitrogen and oxygen atoms in total. The highest BCUT2D eigenvalue weighted by atomic mass is 16.5. The summed E-state index contributed by atoms with van der Waals surface area (Å²) < 4.78 is 5.74. The molecule has 0 saturated carbocycles. The molecule has 2 atom stereocenters. The lowest BCUT2D eigenvalue weighted by atomic mass is 9.75. The number of rotatable bonds is 0. The van der Waals surface area contributed by atoms with Gasteiger partial charge >= 0.3 is 0 Å². The highest BCUT2D eigenvalue weighted by molar-refractivity contribution is 5.09. The van der Waals surface area contributed by atoms with E-state index in [0.717, 1.165) is 6.61 Å². The largest absolute Gasteiger partial charge is 0.377 e. The maximum atomic E-state index is 5.74. The first-order valence-corrected chi connectivity index (χ1v) is 6.53. The highest BCUT2D eigenvalue weighted by Crippen LogP contribution is 2.41. The second kappa shape index (κ2) is 4.75. The standard InChI is InChI=1S/C15H24O/c1-12-5-4-6-13(2)9-10-15(3)11-16-14(15)8-7-12/h5,9,14H,4,6-8,10-11H2,1-3H3/b12-5+,13-9+. The summed E-state index contributed by atoms with van der Waals surface area (Å²) in [5.74, 6) is 0. The molecule has 1 aliphatic heterocycles. The Morgan fingerprint density at radius 2 is 1.94 bits per heavy atom. The van der Waals surface area contributed by atoms with E-state index >= 15 is 0 Å². The summed E-state index contributed by atoms with van der Waals surface area (Å²) >= 11 is 0. The third kappa shape index (κ3) is 2.57. The smallest absolute Gasteiger partial charge is 0.0657 e. The molecule has 0 spiro atoms. The van der Waals surface area contributed by atoms with Crippen molar-refractivity contribution in [2.75, 3.05) is 6.61 Å². The van der Waals surface area contributed by atoms with Crippen LogP contribution in [0.1, 0.15) is 52.9 Å². The number of fused-ring (bicyclic) bond motifs is 1. The lowest BCUT2D eigenvalue weighted by molar-refractivity contribution is -0.178. The van der Waals surface area contributed by atoms with Crippen LogP contribution in [-0.4, -0.2) is 12.7 Å². The van der Waals surface area contributed by atoms with Gasteiger partial charge in [-0.3, -0.25) is 0 Å². The van der Waals surface area contributed by atoms with Crippen molar-refractivity contribution in [2.24, 2.45) is 5.41 Å². The van der Waals surface area contributed by atoms with Gasteiger partial charge in [0.15, 0.2) is 0 Å². The first kappa shape index (κ1) is 11.9. The molecule has 2 unspecified atom stereocenters. The number of hydrogen-bond acceptors (Lipinski definition) is 1. The third-order valence-corrected chi connectivity index (χ3v) is 4.14. The van der Waals surface area contributed by atoms with Crippen LogP contribution in [0, 0.1) is 5.41 Å². The minimum atomic E-state index is 0.409. The van der Waals surface area contributed by atoms with Crippen LogP contribution >= 0.6 is 0 Å². The molecule has 1 heterocycles. The van der Waals surface area contributed by atoms with E-state index in [4.69, 9.17) is 4.74 Å². The molecule has 0 bridgehead atoms. The maximum Gasteiger partial charge on any atom is 0.0657 e. The normalized spacial score (nSPS) is 42.8. The molecule has 2 aliphatic rings. The molecule has 1 saturated heterocycles. The summed E-state index contributed by atoms with van der Waals surface area (Å²) in [5, 5.41) is 0. The van der Waals surface area contributed by atoms with Crippen molar-refractivity contribution in [1.29, 1.82) is 0 Å². The van der Waals surface area contributed by atoms with Crippen molar-refractivity contribution in [1.82, 2.24) is 0 Å². The molecule has 0 radical (unpaired) electrons. The lowest BCUT2D eigenvalue weighted by Crippen LogP contribution is -2.49. The van der Waals surface area contributed by atoms with Crippen molar-refractivity contribution in [3.63, 3.8) is 0 Å². The van der Waals surface area contributed by atoms with Gasteiger partial charge in [0.25, 0.3) is 0 Å². The molecule has 2 rings (SSSR count). The Labute approximate surface area is 99.6 Å². The van der Waals surface area contributed by atoms with Crippen LogP contribution in [0.2, 0.25) is 0 Å². The average molecular weight is 220 g/mol. The van der Waals surface area contributed by atoms with Crippen LogP contribution in [-0.2, 0) is 4.74 Å². The zero-order chi connectivity index (χ0) is 11.6. The average Bonchev–Trinajstić information content (AvgIpc) is 2.24. The molecule has 0 amide bonds. The van der Waals surface area contributed by atoms with Gasteiger partial charge in [-0.05, 0) is 46.0 Å². The Morgan fingerprint density at radius 3 is 2.62 bits per heavy atom. The summed E-state index contributed by atoms with van der Waals surface area (Å²) in [7, 11) is 0. The first-order chi connectivity index (χ1) is 7.60. The van der Waals surface area contributed by atoms with E-state index in [0.29, 0.717) is 11.5 Å². The third-order valence-electron chi connectivity index (χ3n) is 4.14. The molecule has 0 aromatic heterocycles. The number of hydrogen-bond donors (Lipinski definition) is 0. The summed E-state index contributed by atoms with van der Waals surface area (Å²) in [6.45, 7) is 7.85. The van der Waals surface area contributed by atoms with Crippen molar-refractivity contribution >= 4 is 0 Å². The van der Waals surface area contributed by atoms with E-state index in [1.165, 1.54) is 43.3 Å². The Morgan fingerprint density at radius 1 is 1.19 bits per heavy atom. The van der Waals surface area contributed by atoms with E-state index in [9.17, 15) is 0 Å². The van der Waals surface area contributed by atoms with Gasteiger partial charge in [0, 0.05) is 5.41 Å². The van der Waals surface area contributed by atoms with E-state index < -0.39 is 0 Å². The Hall–Kier alpha value is -0.560. The fourth-order valence-electron chi connectivity index (χ4n) is 2.62. The number of ether oxygens (including phenoxy) is 1. The lowest BCUT2D eigenvalue weighted by Gasteiger charge is -2.47. The molecule has 1 heteroatoms. The first-order valence-electron chi connectivity index (χ1n) is 6.53. The highest BCUT2D eigenvalue weighted by Gasteiger charge is 2.42. The summed E-state index contributed by atoms with van der Waals surface area (Å²) in [6, 6.07) is 0. The summed E-state index contributed by atoms with van der Waals surface area (Å²) in [5.41, 5.74) is 3.48. The van der Waals surface area contributed by atoms with Crippen LogP contribution < -0.4 is 0 Å². The fraction of sp³-hybridized carbons (Fsp3) is 0.733. The molecule has 16 heavy (non-hydrogen) atoms. The Bertz CT molecular complexity index is 313. The van der Waals surface area contributed by atoms with Gasteiger partial charge in [0.05, 0.1) is 12.7 Å². The van der Waals surface area contributed by atoms with Gasteiger partial charge in [-0.2, -0.15) is 0 Å². The second-order valence-corrected chi connectivity index (χ2v) is 5.84. The van der Waals surface area contributed by atoms with Crippen molar-refractivity contribution in [2.45, 2.75) is 59.0 Å². The van der Waals surface area contributed by atoms with Gasteiger partial charge in [0.1, 0.15) is 0 Å². The van der Waals surface area contributed by atoms with Crippen LogP contribution in [0.5, 0.6) is 0 Å². The number of allylic oxidation sites excluding steroid dienone is 4. The van der Waals surface area contributed by atoms with E-state index in [1.807, 2.05) is 0 Å². The van der Waals surface area contributed by atoms with Gasteiger partial charge < -0.3 is 4.74 Å². The Balaban J connectivity index is 2.09. The Kier molecular flexibility index (Phi) is 3.53. The molecule has 1 fully saturated rings. The fourth-order valence-corrected chi connectivity index (χ4v) is 2.62. The van der Waals surface area contributed by atoms with Gasteiger partial charge in [-0.15, -0.1) is 0 Å². The molecule has 90 valence electrons. The minimum Gasteiger partial charge on any atom is -0.377 e. The van der Waals surface area contributed by atoms with Crippen molar-refractivity contribution in [3.05, 3.63) is 23.3 Å². The zero-order valence-corrected chi connectivity index (χ0v) is 10.9. The second-order valence-electron chi connectivity index (χ2n) is 5.84. The van der Waals surface area contributed by atoms with E-state index in [2.05, 4.69) is 32.9 Å². The topological polar surface area (TPSA) is 9.23 Å². The maximum absolute atomic E-state index is 5.74. The van der Waals surface area contributed by atoms with E-state index in [1.54, 1.807) is 0 Å². The molecular formula is C15H24O. The monoisotopic (exact) mass is 220 g/mol. The predicted octanol–water partition coefficient (Wildman–Crippen LogP) is 4.25. The molecule has 0 aromatic carbocycles. The van der Waals surface area contributed by atoms with Gasteiger partial charge in [-0.1, -0.05) is 30.2 Å². The molecule has 0 aromatic rings. The van der Waals surface area contributed by atoms with Crippen LogP contribution in [0.15, 0.2) is 23.3 Å². The van der Waals surface area contributed by atoms with Crippen LogP contribution in [0.3, 0.4) is 0 Å². The van der Waals surface area contributed by atoms with E-state index in [-0.39, 0.29) is 0 Å². The molecule has 0 N–H and O–H groups in total. The molecule has 1 aliphatic carbocycles. The molecular weight excluding hydrogens is 196 g/mol. The summed E-state index contributed by atoms with van der Waals surface area (Å²) in [6.07, 6.45) is 11.4. The SMILES string of the molecule is C/C1=C\CC2(C)COC2CC/C(C)=C/CC1. The minimum absolute atomic E-state index is 0.409. The van der Waals surface area contributed by atoms with Gasteiger partial charge in [0.2, 0.25) is 0 Å². The van der Waals surface area contributed by atoms with Crippen molar-refractivity contribution in [3.8, 4) is 0 Å².